The van der Waals surface area contributed by atoms with Crippen LogP contribution in [0.1, 0.15) is 55.6 Å². The molecule has 1 heteroatoms. The first-order valence-electron chi connectivity index (χ1n) is 15.1. The van der Waals surface area contributed by atoms with Gasteiger partial charge in [0.15, 0.2) is 0 Å². The average Bonchev–Trinajstić information content (AvgIpc) is 3.14. The third-order valence-electron chi connectivity index (χ3n) is 8.91. The normalized spacial score (nSPS) is 14.8. The van der Waals surface area contributed by atoms with E-state index in [1.165, 1.54) is 33.4 Å². The Hall–Kier alpha value is -4.72. The van der Waals surface area contributed by atoms with Crippen LogP contribution in [0, 0.1) is 27.7 Å². The monoisotopic (exact) mass is 556 g/mol. The zero-order valence-electron chi connectivity index (χ0n) is 25.3. The fraction of sp³-hybridized carbons (Fsp3) is 0.143. The van der Waals surface area contributed by atoms with E-state index in [2.05, 4.69) is 173 Å². The molecule has 0 radical (unpaired) electrons. The van der Waals surface area contributed by atoms with Crippen molar-refractivity contribution in [2.24, 2.45) is 0 Å². The molecule has 1 aliphatic heterocycles. The predicted molar refractivity (Wildman–Crippen MR) is 177 cm³/mol. The van der Waals surface area contributed by atoms with Gasteiger partial charge in [0.25, 0.3) is 0 Å². The van der Waals surface area contributed by atoms with Crippen LogP contribution in [0.4, 0.5) is 0 Å². The highest BCUT2D eigenvalue weighted by Crippen LogP contribution is 2.57. The molecule has 0 saturated heterocycles. The van der Waals surface area contributed by atoms with Gasteiger partial charge in [0.1, 0.15) is 11.2 Å². The lowest BCUT2D eigenvalue weighted by molar-refractivity contribution is -0.0787. The molecule has 0 amide bonds. The molecule has 0 spiro atoms. The molecule has 0 saturated carbocycles. The van der Waals surface area contributed by atoms with Crippen molar-refractivity contribution in [3.05, 3.63) is 201 Å². The van der Waals surface area contributed by atoms with Crippen LogP contribution in [0.5, 0.6) is 0 Å². The molecule has 0 atom stereocenters. The number of benzene rings is 6. The minimum atomic E-state index is -0.929. The molecule has 1 aliphatic rings. The summed E-state index contributed by atoms with van der Waals surface area (Å²) in [6, 6.07) is 53.1. The summed E-state index contributed by atoms with van der Waals surface area (Å²) in [5.74, 6) is 0. The second-order valence-corrected chi connectivity index (χ2v) is 12.0. The Morgan fingerprint density at radius 2 is 0.651 bits per heavy atom. The van der Waals surface area contributed by atoms with Gasteiger partial charge in [0, 0.05) is 11.1 Å². The number of fused-ring (bicyclic) bond motifs is 3. The Bertz CT molecular complexity index is 1730. The van der Waals surface area contributed by atoms with Gasteiger partial charge >= 0.3 is 0 Å². The zero-order chi connectivity index (χ0) is 29.6. The van der Waals surface area contributed by atoms with Crippen LogP contribution >= 0.6 is 0 Å². The van der Waals surface area contributed by atoms with Gasteiger partial charge in [-0.25, -0.2) is 0 Å². The van der Waals surface area contributed by atoms with Crippen molar-refractivity contribution in [1.82, 2.24) is 0 Å². The van der Waals surface area contributed by atoms with Crippen LogP contribution < -0.4 is 0 Å². The van der Waals surface area contributed by atoms with E-state index in [0.29, 0.717) is 0 Å². The Labute approximate surface area is 255 Å². The van der Waals surface area contributed by atoms with E-state index in [9.17, 15) is 0 Å². The fourth-order valence-corrected chi connectivity index (χ4v) is 7.04. The van der Waals surface area contributed by atoms with Crippen LogP contribution in [-0.4, -0.2) is 0 Å². The molecule has 0 unspecified atom stereocenters. The second kappa shape index (κ2) is 10.5. The first-order valence-corrected chi connectivity index (χ1v) is 15.1. The lowest BCUT2D eigenvalue weighted by atomic mass is 9.76. The molecule has 0 N–H and O–H groups in total. The molecule has 7 rings (SSSR count). The van der Waals surface area contributed by atoms with Crippen molar-refractivity contribution >= 4 is 0 Å². The van der Waals surface area contributed by atoms with Crippen molar-refractivity contribution in [2.75, 3.05) is 0 Å². The van der Waals surface area contributed by atoms with E-state index in [4.69, 9.17) is 4.74 Å². The average molecular weight is 557 g/mol. The summed E-state index contributed by atoms with van der Waals surface area (Å²) in [4.78, 5) is 0. The van der Waals surface area contributed by atoms with Crippen molar-refractivity contribution in [3.63, 3.8) is 0 Å². The third kappa shape index (κ3) is 4.35. The Kier molecular flexibility index (Phi) is 6.64. The summed E-state index contributed by atoms with van der Waals surface area (Å²) in [6.07, 6.45) is 0. The lowest BCUT2D eigenvalue weighted by Gasteiger charge is -2.45. The molecule has 6 aromatic rings. The number of ether oxygens (including phenoxy) is 1. The number of aryl methyl sites for hydroxylation is 4. The molecule has 1 heterocycles. The summed E-state index contributed by atoms with van der Waals surface area (Å²) in [7, 11) is 0. The highest BCUT2D eigenvalue weighted by molar-refractivity contribution is 5.78. The molecule has 6 aromatic carbocycles. The predicted octanol–water partition coefficient (Wildman–Crippen LogP) is 10.2. The maximum absolute atomic E-state index is 8.20. The molecule has 1 nitrogen and oxygen atoms in total. The molecular weight excluding hydrogens is 520 g/mol. The van der Waals surface area contributed by atoms with Gasteiger partial charge in [-0.3, -0.25) is 0 Å². The maximum Gasteiger partial charge on any atom is 0.146 e. The van der Waals surface area contributed by atoms with E-state index in [-0.39, 0.29) is 0 Å². The van der Waals surface area contributed by atoms with Crippen LogP contribution in [0.2, 0.25) is 0 Å². The highest BCUT2D eigenvalue weighted by Gasteiger charge is 2.52. The van der Waals surface area contributed by atoms with Crippen molar-refractivity contribution in [3.8, 4) is 11.1 Å². The topological polar surface area (TPSA) is 9.23 Å². The molecule has 0 aromatic heterocycles. The van der Waals surface area contributed by atoms with Crippen LogP contribution in [0.25, 0.3) is 11.1 Å². The van der Waals surface area contributed by atoms with E-state index < -0.39 is 11.2 Å². The first kappa shape index (κ1) is 27.1. The largest absolute Gasteiger partial charge is 0.340 e. The van der Waals surface area contributed by atoms with Crippen molar-refractivity contribution in [2.45, 2.75) is 38.9 Å². The number of hydrogen-bond acceptors (Lipinski definition) is 1. The van der Waals surface area contributed by atoms with Gasteiger partial charge in [-0.1, -0.05) is 168 Å². The standard InChI is InChI=1S/C42H36O/c1-29-13-9-17-33(25-29)41(34-18-10-14-30(2)26-34)39-23-7-5-21-37(39)38-22-6-8-24-40(38)42(43-41,35-19-11-15-31(3)27-35)36-20-12-16-32(4)28-36/h5-28H,1-4H3. The summed E-state index contributed by atoms with van der Waals surface area (Å²) in [5, 5.41) is 0. The third-order valence-corrected chi connectivity index (χ3v) is 8.91. The second-order valence-electron chi connectivity index (χ2n) is 12.0. The molecule has 0 aliphatic carbocycles. The van der Waals surface area contributed by atoms with Gasteiger partial charge in [0.05, 0.1) is 0 Å². The minimum Gasteiger partial charge on any atom is -0.340 e. The minimum absolute atomic E-state index is 0.929. The van der Waals surface area contributed by atoms with Gasteiger partial charge in [0.2, 0.25) is 0 Å². The smallest absolute Gasteiger partial charge is 0.146 e. The Morgan fingerprint density at radius 1 is 0.349 bits per heavy atom. The van der Waals surface area contributed by atoms with E-state index in [0.717, 1.165) is 33.4 Å². The Morgan fingerprint density at radius 3 is 0.953 bits per heavy atom. The molecule has 0 bridgehead atoms. The van der Waals surface area contributed by atoms with Gasteiger partial charge < -0.3 is 4.74 Å². The Balaban J connectivity index is 1.74. The summed E-state index contributed by atoms with van der Waals surface area (Å²) < 4.78 is 8.20. The van der Waals surface area contributed by atoms with Gasteiger partial charge in [-0.2, -0.15) is 0 Å². The molecular formula is C42H36O. The first-order chi connectivity index (χ1) is 20.9. The molecule has 210 valence electrons. The van der Waals surface area contributed by atoms with Gasteiger partial charge in [-0.05, 0) is 61.1 Å². The van der Waals surface area contributed by atoms with E-state index in [1.54, 1.807) is 0 Å². The van der Waals surface area contributed by atoms with Gasteiger partial charge in [-0.15, -0.1) is 0 Å². The van der Waals surface area contributed by atoms with Crippen LogP contribution in [0.3, 0.4) is 0 Å². The van der Waals surface area contributed by atoms with E-state index in [1.807, 2.05) is 0 Å². The zero-order valence-corrected chi connectivity index (χ0v) is 25.3. The van der Waals surface area contributed by atoms with Crippen LogP contribution in [0.15, 0.2) is 146 Å². The SMILES string of the molecule is Cc1cccc(C2(c3cccc(C)c3)OC(c3cccc(C)c3)(c3cccc(C)c3)c3ccccc3-c3ccccc32)c1. The summed E-state index contributed by atoms with van der Waals surface area (Å²) in [6.45, 7) is 8.66. The summed E-state index contributed by atoms with van der Waals surface area (Å²) in [5.41, 5.74) is 12.0. The fourth-order valence-electron chi connectivity index (χ4n) is 7.04. The molecule has 0 fully saturated rings. The van der Waals surface area contributed by atoms with E-state index >= 15 is 0 Å². The lowest BCUT2D eigenvalue weighted by Crippen LogP contribution is -2.43. The molecule has 43 heavy (non-hydrogen) atoms. The van der Waals surface area contributed by atoms with Crippen molar-refractivity contribution in [1.29, 1.82) is 0 Å². The summed E-state index contributed by atoms with van der Waals surface area (Å²) >= 11 is 0. The van der Waals surface area contributed by atoms with Crippen molar-refractivity contribution < 1.29 is 4.74 Å². The van der Waals surface area contributed by atoms with Crippen LogP contribution in [-0.2, 0) is 15.9 Å². The number of rotatable bonds is 4. The quantitative estimate of drug-likeness (QED) is 0.210. The highest BCUT2D eigenvalue weighted by atomic mass is 16.5. The number of hydrogen-bond donors (Lipinski definition) is 0. The maximum atomic E-state index is 8.20.